The van der Waals surface area contributed by atoms with Crippen LogP contribution in [0, 0.1) is 5.82 Å². The predicted octanol–water partition coefficient (Wildman–Crippen LogP) is 3.96. The van der Waals surface area contributed by atoms with Crippen molar-refractivity contribution in [3.8, 4) is 17.0 Å². The second-order valence-corrected chi connectivity index (χ2v) is 7.82. The number of hydrogen-bond donors (Lipinski definition) is 2. The van der Waals surface area contributed by atoms with Crippen molar-refractivity contribution < 1.29 is 13.9 Å². The molecule has 1 amide bonds. The van der Waals surface area contributed by atoms with E-state index in [-0.39, 0.29) is 17.2 Å². The number of ether oxygens (including phenoxy) is 1. The molecule has 1 unspecified atom stereocenters. The van der Waals surface area contributed by atoms with E-state index in [0.29, 0.717) is 29.7 Å². The number of aromatic nitrogens is 2. The van der Waals surface area contributed by atoms with E-state index in [9.17, 15) is 14.0 Å². The number of rotatable bonds is 5. The van der Waals surface area contributed by atoms with Crippen LogP contribution in [0.25, 0.3) is 22.0 Å². The van der Waals surface area contributed by atoms with E-state index in [0.717, 1.165) is 16.6 Å². The number of nitrogens with zero attached hydrogens (tertiary/aromatic N) is 2. The van der Waals surface area contributed by atoms with Crippen LogP contribution in [0.15, 0.2) is 71.5 Å². The fourth-order valence-corrected chi connectivity index (χ4v) is 4.16. The van der Waals surface area contributed by atoms with Gasteiger partial charge in [-0.15, -0.1) is 0 Å². The molecule has 0 saturated carbocycles. The van der Waals surface area contributed by atoms with E-state index in [1.54, 1.807) is 23.1 Å². The standard InChI is InChI=1S/C25H21FN4O3/c1-33-22-14-16(8-11-20(22)26)27-21-12-13-30(25(21)32)17-9-6-15(7-10-17)23-18-4-2-3-5-19(18)24(31)29-28-23/h2-11,14,21,27H,12-13H2,1H3,(H,29,31). The first-order chi connectivity index (χ1) is 16.0. The van der Waals surface area contributed by atoms with Gasteiger partial charge in [-0.05, 0) is 36.8 Å². The zero-order valence-electron chi connectivity index (χ0n) is 17.8. The molecular formula is C25H21FN4O3. The molecule has 1 atom stereocenters. The van der Waals surface area contributed by atoms with Gasteiger partial charge in [0.15, 0.2) is 11.6 Å². The van der Waals surface area contributed by atoms with Gasteiger partial charge in [0.1, 0.15) is 6.04 Å². The summed E-state index contributed by atoms with van der Waals surface area (Å²) in [6.45, 7) is 0.564. The first-order valence-corrected chi connectivity index (χ1v) is 10.5. The summed E-state index contributed by atoms with van der Waals surface area (Å²) in [5, 5.41) is 11.3. The monoisotopic (exact) mass is 444 g/mol. The minimum absolute atomic E-state index is 0.0568. The first kappa shape index (κ1) is 20.7. The molecule has 2 N–H and O–H groups in total. The molecule has 3 aromatic carbocycles. The Morgan fingerprint density at radius 1 is 1.06 bits per heavy atom. The molecule has 0 bridgehead atoms. The van der Waals surface area contributed by atoms with Gasteiger partial charge < -0.3 is 15.0 Å². The van der Waals surface area contributed by atoms with Gasteiger partial charge >= 0.3 is 0 Å². The summed E-state index contributed by atoms with van der Waals surface area (Å²) in [6.07, 6.45) is 0.617. The molecule has 1 fully saturated rings. The molecule has 1 aliphatic rings. The van der Waals surface area contributed by atoms with Crippen LogP contribution in [0.3, 0.4) is 0 Å². The van der Waals surface area contributed by atoms with Crippen LogP contribution in [0.2, 0.25) is 0 Å². The number of H-pyrrole nitrogens is 1. The molecule has 166 valence electrons. The third kappa shape index (κ3) is 3.80. The summed E-state index contributed by atoms with van der Waals surface area (Å²) in [7, 11) is 1.40. The van der Waals surface area contributed by atoms with E-state index in [1.165, 1.54) is 13.2 Å². The van der Waals surface area contributed by atoms with E-state index in [4.69, 9.17) is 4.74 Å². The largest absolute Gasteiger partial charge is 0.494 e. The average Bonchev–Trinajstić information content (AvgIpc) is 3.20. The third-order valence-corrected chi connectivity index (χ3v) is 5.85. The minimum atomic E-state index is -0.452. The molecule has 33 heavy (non-hydrogen) atoms. The van der Waals surface area contributed by atoms with Crippen LogP contribution >= 0.6 is 0 Å². The molecule has 7 nitrogen and oxygen atoms in total. The van der Waals surface area contributed by atoms with Crippen LogP contribution in [-0.2, 0) is 4.79 Å². The highest BCUT2D eigenvalue weighted by atomic mass is 19.1. The highest BCUT2D eigenvalue weighted by Gasteiger charge is 2.32. The van der Waals surface area contributed by atoms with Gasteiger partial charge in [0.2, 0.25) is 5.91 Å². The molecule has 1 aromatic heterocycles. The summed E-state index contributed by atoms with van der Waals surface area (Å²) in [5.41, 5.74) is 2.68. The maximum Gasteiger partial charge on any atom is 0.272 e. The van der Waals surface area contributed by atoms with Crippen molar-refractivity contribution in [3.63, 3.8) is 0 Å². The van der Waals surface area contributed by atoms with Crippen LogP contribution in [0.4, 0.5) is 15.8 Å². The van der Waals surface area contributed by atoms with Gasteiger partial charge in [-0.3, -0.25) is 9.59 Å². The molecule has 5 rings (SSSR count). The van der Waals surface area contributed by atoms with E-state index >= 15 is 0 Å². The van der Waals surface area contributed by atoms with Crippen LogP contribution in [-0.4, -0.2) is 35.8 Å². The SMILES string of the molecule is COc1cc(NC2CCN(c3ccc(-c4n[nH]c(=O)c5ccccc45)cc3)C2=O)ccc1F. The highest BCUT2D eigenvalue weighted by Crippen LogP contribution is 2.29. The Hall–Kier alpha value is -4.20. The Kier molecular flexibility index (Phi) is 5.26. The lowest BCUT2D eigenvalue weighted by Crippen LogP contribution is -2.33. The van der Waals surface area contributed by atoms with Crippen molar-refractivity contribution in [1.82, 2.24) is 10.2 Å². The number of fused-ring (bicyclic) bond motifs is 1. The molecule has 0 radical (unpaired) electrons. The number of anilines is 2. The number of carbonyl (C=O) groups excluding carboxylic acids is 1. The smallest absolute Gasteiger partial charge is 0.272 e. The number of methoxy groups -OCH3 is 1. The van der Waals surface area contributed by atoms with Gasteiger partial charge in [0.25, 0.3) is 5.56 Å². The van der Waals surface area contributed by atoms with Crippen molar-refractivity contribution >= 4 is 28.1 Å². The number of nitrogens with one attached hydrogen (secondary N) is 2. The second-order valence-electron chi connectivity index (χ2n) is 7.82. The fourth-order valence-electron chi connectivity index (χ4n) is 4.16. The van der Waals surface area contributed by atoms with Crippen molar-refractivity contribution in [3.05, 3.63) is 82.9 Å². The summed E-state index contributed by atoms with van der Waals surface area (Å²) in [5.74, 6) is -0.382. The Balaban J connectivity index is 1.36. The summed E-state index contributed by atoms with van der Waals surface area (Å²) in [4.78, 5) is 26.8. The van der Waals surface area contributed by atoms with E-state index in [2.05, 4.69) is 15.5 Å². The number of halogens is 1. The Morgan fingerprint density at radius 3 is 2.58 bits per heavy atom. The van der Waals surface area contributed by atoms with Crippen molar-refractivity contribution in [2.45, 2.75) is 12.5 Å². The third-order valence-electron chi connectivity index (χ3n) is 5.85. The topological polar surface area (TPSA) is 87.3 Å². The number of hydrogen-bond acceptors (Lipinski definition) is 5. The number of benzene rings is 3. The van der Waals surface area contributed by atoms with Crippen molar-refractivity contribution in [2.75, 3.05) is 23.9 Å². The Morgan fingerprint density at radius 2 is 1.82 bits per heavy atom. The van der Waals surface area contributed by atoms with Crippen LogP contribution < -0.4 is 20.5 Å². The van der Waals surface area contributed by atoms with Crippen LogP contribution in [0.5, 0.6) is 5.75 Å². The normalized spacial score (nSPS) is 15.8. The molecule has 0 aliphatic carbocycles. The van der Waals surface area contributed by atoms with E-state index in [1.807, 2.05) is 42.5 Å². The average molecular weight is 444 g/mol. The number of carbonyl (C=O) groups is 1. The van der Waals surface area contributed by atoms with Gasteiger partial charge in [0, 0.05) is 34.9 Å². The predicted molar refractivity (Wildman–Crippen MR) is 125 cm³/mol. The zero-order chi connectivity index (χ0) is 22.9. The van der Waals surface area contributed by atoms with E-state index < -0.39 is 11.9 Å². The minimum Gasteiger partial charge on any atom is -0.494 e. The first-order valence-electron chi connectivity index (χ1n) is 10.5. The lowest BCUT2D eigenvalue weighted by Gasteiger charge is -2.18. The van der Waals surface area contributed by atoms with Crippen molar-refractivity contribution in [1.29, 1.82) is 0 Å². The lowest BCUT2D eigenvalue weighted by molar-refractivity contribution is -0.117. The van der Waals surface area contributed by atoms with Gasteiger partial charge in [-0.1, -0.05) is 30.3 Å². The van der Waals surface area contributed by atoms with Crippen LogP contribution in [0.1, 0.15) is 6.42 Å². The lowest BCUT2D eigenvalue weighted by atomic mass is 10.0. The molecule has 1 aliphatic heterocycles. The van der Waals surface area contributed by atoms with Gasteiger partial charge in [-0.25, -0.2) is 9.49 Å². The number of amides is 1. The molecule has 4 aromatic rings. The van der Waals surface area contributed by atoms with Gasteiger partial charge in [0.05, 0.1) is 18.2 Å². The Labute approximate surface area is 188 Å². The highest BCUT2D eigenvalue weighted by molar-refractivity contribution is 6.01. The molecule has 1 saturated heterocycles. The summed E-state index contributed by atoms with van der Waals surface area (Å²) >= 11 is 0. The fraction of sp³-hybridized carbons (Fsp3) is 0.160. The zero-order valence-corrected chi connectivity index (χ0v) is 17.8. The van der Waals surface area contributed by atoms with Gasteiger partial charge in [-0.2, -0.15) is 5.10 Å². The quantitative estimate of drug-likeness (QED) is 0.487. The molecule has 0 spiro atoms. The second kappa shape index (κ2) is 8.38. The maximum atomic E-state index is 13.7. The summed E-state index contributed by atoms with van der Waals surface area (Å²) < 4.78 is 18.7. The summed E-state index contributed by atoms with van der Waals surface area (Å²) in [6, 6.07) is 18.9. The number of aromatic amines is 1. The molecular weight excluding hydrogens is 423 g/mol. The molecule has 2 heterocycles. The molecule has 8 heteroatoms. The maximum absolute atomic E-state index is 13.7. The Bertz CT molecular complexity index is 1400. The van der Waals surface area contributed by atoms with Crippen molar-refractivity contribution in [2.24, 2.45) is 0 Å².